The predicted octanol–water partition coefficient (Wildman–Crippen LogP) is 1.97. The molecule has 4 heteroatoms. The van der Waals surface area contributed by atoms with Crippen molar-refractivity contribution in [2.75, 3.05) is 31.6 Å². The average Bonchev–Trinajstić information content (AvgIpc) is 2.63. The van der Waals surface area contributed by atoms with Crippen molar-refractivity contribution in [1.29, 1.82) is 0 Å². The first-order chi connectivity index (χ1) is 10.3. The lowest BCUT2D eigenvalue weighted by molar-refractivity contribution is 0.220. The Morgan fingerprint density at radius 1 is 1.05 bits per heavy atom. The maximum Gasteiger partial charge on any atom is 0.135 e. The number of hydrogen-bond donors (Lipinski definition) is 1. The Labute approximate surface area is 124 Å². The zero-order valence-electron chi connectivity index (χ0n) is 12.1. The number of nitrogens with zero attached hydrogens (tertiary/aromatic N) is 3. The monoisotopic (exact) mass is 281 g/mol. The Bertz CT molecular complexity index is 673. The third-order valence-corrected chi connectivity index (χ3v) is 4.62. The van der Waals surface area contributed by atoms with Crippen LogP contribution in [0.5, 0.6) is 0 Å². The van der Waals surface area contributed by atoms with E-state index >= 15 is 0 Å². The maximum atomic E-state index is 10.8. The predicted molar refractivity (Wildman–Crippen MR) is 82.3 cm³/mol. The smallest absolute Gasteiger partial charge is 0.135 e. The van der Waals surface area contributed by atoms with E-state index in [9.17, 15) is 5.11 Å². The minimum atomic E-state index is -0.596. The summed E-state index contributed by atoms with van der Waals surface area (Å²) in [7, 11) is 2.15. The van der Waals surface area contributed by atoms with Crippen molar-refractivity contribution < 1.29 is 5.11 Å². The maximum absolute atomic E-state index is 10.8. The number of aliphatic hydroxyl groups is 1. The number of rotatable bonds is 0. The van der Waals surface area contributed by atoms with Gasteiger partial charge in [-0.15, -0.1) is 0 Å². The molecule has 1 saturated heterocycles. The number of fused-ring (bicyclic) bond motifs is 5. The third-order valence-electron chi connectivity index (χ3n) is 4.62. The number of aliphatic hydroxyl groups excluding tert-OH is 1. The zero-order valence-corrected chi connectivity index (χ0v) is 12.1. The van der Waals surface area contributed by atoms with Crippen LogP contribution in [-0.4, -0.2) is 41.7 Å². The first kappa shape index (κ1) is 12.8. The molecule has 2 aliphatic rings. The number of piperazine rings is 1. The van der Waals surface area contributed by atoms with Gasteiger partial charge in [0, 0.05) is 31.4 Å². The lowest BCUT2D eigenvalue weighted by atomic mass is 9.94. The molecule has 0 saturated carbocycles. The van der Waals surface area contributed by atoms with Crippen LogP contribution in [0.15, 0.2) is 42.6 Å². The second-order valence-corrected chi connectivity index (χ2v) is 5.92. The van der Waals surface area contributed by atoms with Gasteiger partial charge in [0.2, 0.25) is 0 Å². The minimum Gasteiger partial charge on any atom is -0.384 e. The molecule has 2 unspecified atom stereocenters. The molecule has 108 valence electrons. The molecule has 1 aromatic heterocycles. The molecule has 1 N–H and O–H groups in total. The molecule has 0 amide bonds. The first-order valence-corrected chi connectivity index (χ1v) is 7.42. The number of pyridine rings is 1. The second kappa shape index (κ2) is 4.83. The summed E-state index contributed by atoms with van der Waals surface area (Å²) in [5.74, 6) is 0.930. The van der Waals surface area contributed by atoms with Gasteiger partial charge in [0.1, 0.15) is 11.9 Å². The number of anilines is 1. The highest BCUT2D eigenvalue weighted by atomic mass is 16.3. The van der Waals surface area contributed by atoms with Crippen molar-refractivity contribution in [3.05, 3.63) is 59.3 Å². The lowest BCUT2D eigenvalue weighted by Crippen LogP contribution is -2.47. The summed E-state index contributed by atoms with van der Waals surface area (Å²) >= 11 is 0. The van der Waals surface area contributed by atoms with Gasteiger partial charge < -0.3 is 14.9 Å². The van der Waals surface area contributed by atoms with Crippen LogP contribution in [0.2, 0.25) is 0 Å². The summed E-state index contributed by atoms with van der Waals surface area (Å²) in [4.78, 5) is 9.27. The SMILES string of the molecule is CN1CCN2c3ncccc3C(O)c3ccccc3C2C1. The van der Waals surface area contributed by atoms with Gasteiger partial charge in [0.25, 0.3) is 0 Å². The first-order valence-electron chi connectivity index (χ1n) is 7.42. The normalized spacial score (nSPS) is 24.8. The van der Waals surface area contributed by atoms with Gasteiger partial charge in [-0.25, -0.2) is 4.98 Å². The highest BCUT2D eigenvalue weighted by Gasteiger charge is 2.35. The number of likely N-dealkylation sites (N-methyl/N-ethyl adjacent to an activating group) is 1. The van der Waals surface area contributed by atoms with Gasteiger partial charge in [0.05, 0.1) is 6.04 Å². The van der Waals surface area contributed by atoms with E-state index in [1.807, 2.05) is 30.5 Å². The summed E-state index contributed by atoms with van der Waals surface area (Å²) in [5.41, 5.74) is 3.14. The van der Waals surface area contributed by atoms with Crippen LogP contribution in [0.3, 0.4) is 0 Å². The number of benzene rings is 1. The number of hydrogen-bond acceptors (Lipinski definition) is 4. The molecule has 4 rings (SSSR count). The van der Waals surface area contributed by atoms with E-state index in [4.69, 9.17) is 0 Å². The summed E-state index contributed by atoms with van der Waals surface area (Å²) in [5, 5.41) is 10.8. The van der Waals surface area contributed by atoms with Crippen molar-refractivity contribution in [2.45, 2.75) is 12.1 Å². The molecule has 4 nitrogen and oxygen atoms in total. The standard InChI is InChI=1S/C17H19N3O/c1-19-9-10-20-15(11-19)12-5-2-3-6-13(12)16(21)14-7-4-8-18-17(14)20/h2-8,15-16,21H,9-11H2,1H3. The van der Waals surface area contributed by atoms with Crippen molar-refractivity contribution in [1.82, 2.24) is 9.88 Å². The van der Waals surface area contributed by atoms with Crippen LogP contribution >= 0.6 is 0 Å². The highest BCUT2D eigenvalue weighted by molar-refractivity contribution is 5.57. The van der Waals surface area contributed by atoms with E-state index in [2.05, 4.69) is 34.0 Å². The summed E-state index contributed by atoms with van der Waals surface area (Å²) in [6.45, 7) is 2.91. The van der Waals surface area contributed by atoms with Gasteiger partial charge >= 0.3 is 0 Å². The quantitative estimate of drug-likeness (QED) is 0.801. The van der Waals surface area contributed by atoms with Crippen molar-refractivity contribution in [3.63, 3.8) is 0 Å². The van der Waals surface area contributed by atoms with Gasteiger partial charge in [-0.1, -0.05) is 30.3 Å². The Morgan fingerprint density at radius 3 is 2.67 bits per heavy atom. The lowest BCUT2D eigenvalue weighted by Gasteiger charge is -2.40. The van der Waals surface area contributed by atoms with E-state index in [1.165, 1.54) is 5.56 Å². The van der Waals surface area contributed by atoms with Crippen molar-refractivity contribution in [3.8, 4) is 0 Å². The van der Waals surface area contributed by atoms with Crippen molar-refractivity contribution in [2.24, 2.45) is 0 Å². The average molecular weight is 281 g/mol. The second-order valence-electron chi connectivity index (χ2n) is 5.92. The van der Waals surface area contributed by atoms with Gasteiger partial charge in [-0.3, -0.25) is 0 Å². The molecule has 2 aromatic rings. The van der Waals surface area contributed by atoms with E-state index in [0.717, 1.165) is 36.6 Å². The van der Waals surface area contributed by atoms with Crippen LogP contribution in [0, 0.1) is 0 Å². The summed E-state index contributed by atoms with van der Waals surface area (Å²) in [6.07, 6.45) is 1.22. The molecule has 1 fully saturated rings. The van der Waals surface area contributed by atoms with Crippen LogP contribution in [0.4, 0.5) is 5.82 Å². The molecule has 2 atom stereocenters. The molecule has 0 radical (unpaired) electrons. The molecule has 21 heavy (non-hydrogen) atoms. The Morgan fingerprint density at radius 2 is 1.81 bits per heavy atom. The van der Waals surface area contributed by atoms with Gasteiger partial charge in [-0.05, 0) is 24.2 Å². The van der Waals surface area contributed by atoms with Gasteiger partial charge in [0.15, 0.2) is 0 Å². The van der Waals surface area contributed by atoms with E-state index in [1.54, 1.807) is 0 Å². The molecule has 0 spiro atoms. The summed E-state index contributed by atoms with van der Waals surface area (Å²) in [6, 6.07) is 12.4. The highest BCUT2D eigenvalue weighted by Crippen LogP contribution is 2.42. The fraction of sp³-hybridized carbons (Fsp3) is 0.353. The summed E-state index contributed by atoms with van der Waals surface area (Å²) < 4.78 is 0. The minimum absolute atomic E-state index is 0.255. The van der Waals surface area contributed by atoms with E-state index in [0.29, 0.717) is 0 Å². The Kier molecular flexibility index (Phi) is 2.94. The molecule has 3 heterocycles. The molecule has 0 aliphatic carbocycles. The van der Waals surface area contributed by atoms with Gasteiger partial charge in [-0.2, -0.15) is 0 Å². The topological polar surface area (TPSA) is 39.6 Å². The fourth-order valence-corrected chi connectivity index (χ4v) is 3.53. The molecular formula is C17H19N3O. The van der Waals surface area contributed by atoms with E-state index in [-0.39, 0.29) is 6.04 Å². The third kappa shape index (κ3) is 1.94. The molecule has 2 aliphatic heterocycles. The fourth-order valence-electron chi connectivity index (χ4n) is 3.53. The molecule has 0 bridgehead atoms. The van der Waals surface area contributed by atoms with Crippen LogP contribution in [0.25, 0.3) is 0 Å². The van der Waals surface area contributed by atoms with Crippen LogP contribution in [-0.2, 0) is 0 Å². The van der Waals surface area contributed by atoms with Crippen molar-refractivity contribution >= 4 is 5.82 Å². The van der Waals surface area contributed by atoms with E-state index < -0.39 is 6.10 Å². The number of aromatic nitrogens is 1. The zero-order chi connectivity index (χ0) is 14.4. The van der Waals surface area contributed by atoms with Crippen LogP contribution in [0.1, 0.15) is 28.8 Å². The molecular weight excluding hydrogens is 262 g/mol. The largest absolute Gasteiger partial charge is 0.384 e. The van der Waals surface area contributed by atoms with Crippen LogP contribution < -0.4 is 4.90 Å². The Hall–Kier alpha value is -1.91. The molecule has 1 aromatic carbocycles. The Balaban J connectivity index is 1.95.